The van der Waals surface area contributed by atoms with Gasteiger partial charge in [-0.15, -0.1) is 0 Å². The minimum absolute atomic E-state index is 0.00632. The second-order valence-electron chi connectivity index (χ2n) is 32.2. The second-order valence-corrected chi connectivity index (χ2v) is 32.2. The molecule has 1 aliphatic heterocycles. The van der Waals surface area contributed by atoms with E-state index in [0.717, 1.165) is 11.8 Å². The topological polar surface area (TPSA) is 623 Å². The number of aliphatic carboxylic acids is 3. The number of nitrogens with one attached hydrogen (secondary N) is 13. The van der Waals surface area contributed by atoms with Crippen molar-refractivity contribution in [2.24, 2.45) is 41.1 Å². The number of likely N-dealkylation sites (tertiary alicyclic amines) is 1. The fourth-order valence-electron chi connectivity index (χ4n) is 13.0. The van der Waals surface area contributed by atoms with Crippen LogP contribution in [0.1, 0.15) is 179 Å². The summed E-state index contributed by atoms with van der Waals surface area (Å²) in [5.41, 5.74) is 12.9. The van der Waals surface area contributed by atoms with E-state index >= 15 is 0 Å². The van der Waals surface area contributed by atoms with Gasteiger partial charge in [0.2, 0.25) is 82.7 Å². The molecule has 120 heavy (non-hydrogen) atoms. The van der Waals surface area contributed by atoms with Gasteiger partial charge in [0.05, 0.1) is 24.7 Å². The van der Waals surface area contributed by atoms with Crippen molar-refractivity contribution in [3.05, 3.63) is 71.8 Å². The molecule has 0 spiro atoms. The van der Waals surface area contributed by atoms with Gasteiger partial charge in [-0.3, -0.25) is 76.7 Å². The number of hydrogen-bond acceptors (Lipinski definition) is 22. The zero-order valence-corrected chi connectivity index (χ0v) is 70.9. The molecule has 39 nitrogen and oxygen atoms in total. The highest BCUT2D eigenvalue weighted by Crippen LogP contribution is 2.22. The number of aliphatic hydroxyl groups is 3. The number of benzene rings is 2. The average molecular weight is 1690 g/mol. The van der Waals surface area contributed by atoms with Crippen molar-refractivity contribution in [2.75, 3.05) is 13.1 Å². The SMILES string of the molecule is CC[C@H](C)[C@H](NC(=O)[C@@H](NC(=O)[C@H](CC(C)C)NC(=O)[C@@H](NC(=O)[C@@H](NC(=O)[C@H](CCCCN)NC(=O)[C@@H]1CCCN1C(=O)[C@H](CC(=O)O)NC(=O)[C@H](CCC(=O)O)NC(=O)[C@H](C)NC(=O)[C@H](CC(C)C)NC(=O)[C@H](Cc1ccccc1)NC(=O)[C@@H](N)[C@@H](C)O)C(C)C)[C@@H](C)O)[C@@H](C)O)C(=O)N[C@@H](Cc1ccccc1)C(=O)N[C@H](C(=O)O)C(C)C. The molecule has 14 amide bonds. The zero-order valence-electron chi connectivity index (χ0n) is 70.9. The van der Waals surface area contributed by atoms with Crippen LogP contribution in [0, 0.1) is 29.6 Å². The number of carbonyl (C=O) groups is 17. The standard InChI is InChI=1S/C81H128N16O23/c1-15-44(10)64(77(115)90-56(38-50-27-20-17-21-28-50)73(111)93-63(43(8)9)81(119)120)94-79(117)66(48(14)100)95-72(110)54(36-41(4)5)89-78(116)65(47(13)99)96-76(114)62(42(6)7)92-69(107)51(29-22-23-33-82)86-74(112)58-30-24-34-97(58)80(118)57(39-60(103)104)91-68(106)52(31-32-59(101)102)85-67(105)45(11)84-70(108)53(35-40(2)3)87-71(109)55(37-49-25-18-16-19-26-49)88-75(113)61(83)46(12)98/h16-21,25-28,40-48,51-58,61-66,98-100H,15,22-24,29-39,82-83H2,1-14H3,(H,84,108)(H,85,105)(H,86,112)(H,87,109)(H,88,113)(H,89,116)(H,90,115)(H,91,106)(H,92,107)(H,93,111)(H,94,117)(H,95,110)(H,96,114)(H,101,102)(H,103,104)(H,119,120)/t44-,45-,46+,47+,48+,51-,52-,53-,54-,55-,56-,57-,58-,61-,62-,63-,64-,65-,66-/m0/s1. The number of carboxylic acids is 3. The van der Waals surface area contributed by atoms with E-state index in [1.54, 1.807) is 116 Å². The van der Waals surface area contributed by atoms with Gasteiger partial charge in [-0.05, 0) is 126 Å². The number of rotatable bonds is 52. The summed E-state index contributed by atoms with van der Waals surface area (Å²) in [6, 6.07) is -6.10. The molecule has 39 heteroatoms. The van der Waals surface area contributed by atoms with Crippen LogP contribution in [0.4, 0.5) is 0 Å². The third-order valence-electron chi connectivity index (χ3n) is 20.2. The van der Waals surface area contributed by atoms with Crippen LogP contribution in [0.25, 0.3) is 0 Å². The third kappa shape index (κ3) is 34.5. The van der Waals surface area contributed by atoms with Crippen molar-refractivity contribution in [1.82, 2.24) is 74.0 Å². The van der Waals surface area contributed by atoms with Gasteiger partial charge in [-0.25, -0.2) is 4.79 Å². The molecule has 1 heterocycles. The predicted octanol–water partition coefficient (Wildman–Crippen LogP) is -2.74. The van der Waals surface area contributed by atoms with E-state index in [1.807, 2.05) is 0 Å². The summed E-state index contributed by atoms with van der Waals surface area (Å²) in [6.45, 7) is 21.2. The molecule has 0 aromatic heterocycles. The van der Waals surface area contributed by atoms with Gasteiger partial charge in [-0.1, -0.05) is 136 Å². The molecule has 1 fully saturated rings. The first-order valence-electron chi connectivity index (χ1n) is 40.7. The summed E-state index contributed by atoms with van der Waals surface area (Å²) in [4.78, 5) is 236. The molecule has 3 rings (SSSR count). The monoisotopic (exact) mass is 1690 g/mol. The molecule has 0 aliphatic carbocycles. The summed E-state index contributed by atoms with van der Waals surface area (Å²) >= 11 is 0. The van der Waals surface area contributed by atoms with Gasteiger partial charge in [0.25, 0.3) is 0 Å². The second kappa shape index (κ2) is 51.0. The number of nitrogens with two attached hydrogens (primary N) is 2. The predicted molar refractivity (Wildman–Crippen MR) is 437 cm³/mol. The molecule has 2 aromatic carbocycles. The van der Waals surface area contributed by atoms with Gasteiger partial charge in [0, 0.05) is 25.8 Å². The number of carbonyl (C=O) groups excluding carboxylic acids is 14. The Labute approximate surface area is 699 Å². The first kappa shape index (κ1) is 103. The lowest BCUT2D eigenvalue weighted by atomic mass is 9.96. The lowest BCUT2D eigenvalue weighted by Crippen LogP contribution is -2.64. The van der Waals surface area contributed by atoms with Gasteiger partial charge in [0.15, 0.2) is 0 Å². The maximum absolute atomic E-state index is 14.6. The highest BCUT2D eigenvalue weighted by Gasteiger charge is 2.44. The molecular weight excluding hydrogens is 1560 g/mol. The maximum Gasteiger partial charge on any atom is 0.326 e. The Hall–Kier alpha value is -10.8. The minimum Gasteiger partial charge on any atom is -0.481 e. The molecule has 2 aromatic rings. The molecule has 1 aliphatic rings. The molecule has 0 radical (unpaired) electrons. The number of nitrogens with zero attached hydrogens (tertiary/aromatic N) is 1. The van der Waals surface area contributed by atoms with E-state index in [4.69, 9.17) is 11.5 Å². The molecule has 0 bridgehead atoms. The molecule has 1 saturated heterocycles. The Balaban J connectivity index is 1.86. The number of carboxylic acid groups (broad SMARTS) is 3. The molecule has 0 saturated carbocycles. The van der Waals surface area contributed by atoms with Crippen LogP contribution >= 0.6 is 0 Å². The normalized spacial score (nSPS) is 17.2. The Morgan fingerprint density at radius 2 is 0.808 bits per heavy atom. The van der Waals surface area contributed by atoms with E-state index in [0.29, 0.717) is 17.5 Å². The van der Waals surface area contributed by atoms with Gasteiger partial charge < -0.3 is 116 Å². The van der Waals surface area contributed by atoms with Crippen molar-refractivity contribution >= 4 is 101 Å². The fraction of sp³-hybridized carbons (Fsp3) is 0.642. The highest BCUT2D eigenvalue weighted by atomic mass is 16.4. The van der Waals surface area contributed by atoms with Crippen LogP contribution in [-0.4, -0.2) is 258 Å². The summed E-state index contributed by atoms with van der Waals surface area (Å²) in [5, 5.41) is 94.3. The Kier molecular flexibility index (Phi) is 43.9. The highest BCUT2D eigenvalue weighted by molar-refractivity contribution is 6.01. The first-order chi connectivity index (χ1) is 56.2. The molecule has 23 N–H and O–H groups in total. The van der Waals surface area contributed by atoms with Gasteiger partial charge in [-0.2, -0.15) is 0 Å². The maximum atomic E-state index is 14.6. The van der Waals surface area contributed by atoms with Gasteiger partial charge >= 0.3 is 17.9 Å². The Bertz CT molecular complexity index is 3790. The summed E-state index contributed by atoms with van der Waals surface area (Å²) < 4.78 is 0. The van der Waals surface area contributed by atoms with Crippen molar-refractivity contribution in [3.8, 4) is 0 Å². The fourth-order valence-corrected chi connectivity index (χ4v) is 13.0. The van der Waals surface area contributed by atoms with Crippen LogP contribution in [0.2, 0.25) is 0 Å². The van der Waals surface area contributed by atoms with Crippen LogP contribution in [0.15, 0.2) is 60.7 Å². The van der Waals surface area contributed by atoms with Crippen molar-refractivity contribution < 1.29 is 112 Å². The summed E-state index contributed by atoms with van der Waals surface area (Å²) in [6.07, 6.45) is -6.72. The molecule has 19 atom stereocenters. The molecule has 670 valence electrons. The smallest absolute Gasteiger partial charge is 0.326 e. The largest absolute Gasteiger partial charge is 0.481 e. The lowest BCUT2D eigenvalue weighted by molar-refractivity contribution is -0.146. The summed E-state index contributed by atoms with van der Waals surface area (Å²) in [5.74, 6) is -20.9. The third-order valence-corrected chi connectivity index (χ3v) is 20.2. The van der Waals surface area contributed by atoms with Crippen LogP contribution in [0.5, 0.6) is 0 Å². The lowest BCUT2D eigenvalue weighted by Gasteiger charge is -2.31. The Morgan fingerprint density at radius 3 is 1.27 bits per heavy atom. The van der Waals surface area contributed by atoms with E-state index in [1.165, 1.54) is 34.6 Å². The number of hydrogen-bond donors (Lipinski definition) is 21. The molecular formula is C81H128N16O23. The summed E-state index contributed by atoms with van der Waals surface area (Å²) in [7, 11) is 0. The first-order valence-corrected chi connectivity index (χ1v) is 40.7. The van der Waals surface area contributed by atoms with E-state index in [2.05, 4.69) is 69.1 Å². The van der Waals surface area contributed by atoms with E-state index < -0.39 is 247 Å². The number of aliphatic hydroxyl groups excluding tert-OH is 3. The average Bonchev–Trinajstić information content (AvgIpc) is 1.64. The Morgan fingerprint density at radius 1 is 0.417 bits per heavy atom. The quantitative estimate of drug-likeness (QED) is 0.0299. The van der Waals surface area contributed by atoms with Crippen LogP contribution in [0.3, 0.4) is 0 Å². The minimum atomic E-state index is -1.98. The van der Waals surface area contributed by atoms with Crippen molar-refractivity contribution in [3.63, 3.8) is 0 Å². The van der Waals surface area contributed by atoms with E-state index in [-0.39, 0.29) is 82.7 Å². The molecule has 0 unspecified atom stereocenters. The van der Waals surface area contributed by atoms with E-state index in [9.17, 15) is 112 Å². The van der Waals surface area contributed by atoms with Crippen molar-refractivity contribution in [2.45, 2.75) is 289 Å². The number of unbranched alkanes of at least 4 members (excludes halogenated alkanes) is 1. The number of amides is 14. The zero-order chi connectivity index (χ0) is 90.7. The van der Waals surface area contributed by atoms with Crippen LogP contribution < -0.4 is 80.6 Å². The van der Waals surface area contributed by atoms with Crippen molar-refractivity contribution in [1.29, 1.82) is 0 Å². The van der Waals surface area contributed by atoms with Gasteiger partial charge in [0.1, 0.15) is 90.6 Å². The van der Waals surface area contributed by atoms with Crippen LogP contribution in [-0.2, 0) is 94.3 Å².